The predicted molar refractivity (Wildman–Crippen MR) is 120 cm³/mol. The highest BCUT2D eigenvalue weighted by atomic mass is 32.2. The zero-order valence-corrected chi connectivity index (χ0v) is 18.4. The van der Waals surface area contributed by atoms with Gasteiger partial charge in [-0.1, -0.05) is 29.8 Å². The van der Waals surface area contributed by atoms with Crippen LogP contribution in [-0.4, -0.2) is 52.3 Å². The summed E-state index contributed by atoms with van der Waals surface area (Å²) < 4.78 is 31.1. The number of nitrogens with one attached hydrogen (secondary N) is 2. The van der Waals surface area contributed by atoms with E-state index in [0.717, 1.165) is 29.0 Å². The van der Waals surface area contributed by atoms with Gasteiger partial charge in [-0.15, -0.1) is 0 Å². The number of hydrogen-bond acceptors (Lipinski definition) is 5. The molecule has 2 aromatic rings. The van der Waals surface area contributed by atoms with Gasteiger partial charge in [-0.25, -0.2) is 8.42 Å². The van der Waals surface area contributed by atoms with Crippen LogP contribution in [0.3, 0.4) is 0 Å². The molecule has 2 aromatic carbocycles. The summed E-state index contributed by atoms with van der Waals surface area (Å²) in [4.78, 5) is 25.3. The molecule has 31 heavy (non-hydrogen) atoms. The first-order valence-corrected chi connectivity index (χ1v) is 11.9. The van der Waals surface area contributed by atoms with Gasteiger partial charge in [-0.2, -0.15) is 0 Å². The molecule has 2 N–H and O–H groups in total. The van der Waals surface area contributed by atoms with Crippen molar-refractivity contribution < 1.29 is 22.7 Å². The number of rotatable bonds is 8. The van der Waals surface area contributed by atoms with Crippen LogP contribution in [0, 0.1) is 6.92 Å². The van der Waals surface area contributed by atoms with E-state index in [0.29, 0.717) is 30.1 Å². The molecule has 1 aliphatic rings. The lowest BCUT2D eigenvalue weighted by Gasteiger charge is -2.22. The number of nitrogens with zero attached hydrogens (tertiary/aromatic N) is 1. The normalized spacial score (nSPS) is 16.0. The number of anilines is 2. The topological polar surface area (TPSA) is 105 Å². The molecule has 1 saturated heterocycles. The third-order valence-corrected chi connectivity index (χ3v) is 6.11. The minimum Gasteiger partial charge on any atom is -0.376 e. The van der Waals surface area contributed by atoms with E-state index in [1.54, 1.807) is 48.5 Å². The first-order chi connectivity index (χ1) is 14.7. The molecule has 1 aliphatic heterocycles. The summed E-state index contributed by atoms with van der Waals surface area (Å²) in [5, 5.41) is 5.50. The molecule has 166 valence electrons. The highest BCUT2D eigenvalue weighted by molar-refractivity contribution is 7.92. The quantitative estimate of drug-likeness (QED) is 0.649. The summed E-state index contributed by atoms with van der Waals surface area (Å²) >= 11 is 0. The van der Waals surface area contributed by atoms with Gasteiger partial charge in [-0.05, 0) is 44.0 Å². The number of carbonyl (C=O) groups excluding carboxylic acids is 2. The van der Waals surface area contributed by atoms with Crippen LogP contribution in [-0.2, 0) is 19.6 Å². The zero-order chi connectivity index (χ0) is 22.4. The van der Waals surface area contributed by atoms with E-state index in [-0.39, 0.29) is 12.0 Å². The van der Waals surface area contributed by atoms with E-state index in [2.05, 4.69) is 10.6 Å². The van der Waals surface area contributed by atoms with Gasteiger partial charge in [-0.3, -0.25) is 13.9 Å². The number of hydrogen-bond donors (Lipinski definition) is 2. The van der Waals surface area contributed by atoms with Crippen LogP contribution >= 0.6 is 0 Å². The molecule has 0 aliphatic carbocycles. The van der Waals surface area contributed by atoms with E-state index in [1.165, 1.54) is 0 Å². The number of sulfonamides is 1. The third-order valence-electron chi connectivity index (χ3n) is 4.97. The summed E-state index contributed by atoms with van der Waals surface area (Å²) in [6, 6.07) is 13.5. The molecular formula is C22H27N3O5S. The van der Waals surface area contributed by atoms with Crippen molar-refractivity contribution in [3.05, 3.63) is 59.7 Å². The molecule has 0 spiro atoms. The van der Waals surface area contributed by atoms with Gasteiger partial charge in [0.1, 0.15) is 6.54 Å². The Labute approximate surface area is 182 Å². The van der Waals surface area contributed by atoms with Gasteiger partial charge < -0.3 is 15.4 Å². The molecule has 1 heterocycles. The lowest BCUT2D eigenvalue weighted by Crippen LogP contribution is -2.38. The summed E-state index contributed by atoms with van der Waals surface area (Å²) in [7, 11) is -3.68. The highest BCUT2D eigenvalue weighted by Gasteiger charge is 2.22. The molecule has 0 radical (unpaired) electrons. The SMILES string of the molecule is Cc1ccc(N(CC(=O)Nc2ccccc2C(=O)NC[C@H]2CCCO2)S(C)(=O)=O)cc1. The summed E-state index contributed by atoms with van der Waals surface area (Å²) in [5.41, 5.74) is 1.99. The molecule has 0 saturated carbocycles. The van der Waals surface area contributed by atoms with Crippen LogP contribution in [0.4, 0.5) is 11.4 Å². The van der Waals surface area contributed by atoms with Crippen molar-refractivity contribution in [1.82, 2.24) is 5.32 Å². The van der Waals surface area contributed by atoms with Gasteiger partial charge in [0.25, 0.3) is 5.91 Å². The number of ether oxygens (including phenoxy) is 1. The zero-order valence-electron chi connectivity index (χ0n) is 17.6. The number of amides is 2. The van der Waals surface area contributed by atoms with Crippen LogP contribution in [0.5, 0.6) is 0 Å². The predicted octanol–water partition coefficient (Wildman–Crippen LogP) is 2.31. The fourth-order valence-corrected chi connectivity index (χ4v) is 4.18. The van der Waals surface area contributed by atoms with Crippen molar-refractivity contribution in [3.63, 3.8) is 0 Å². The van der Waals surface area contributed by atoms with Crippen LogP contribution in [0.15, 0.2) is 48.5 Å². The summed E-state index contributed by atoms with van der Waals surface area (Å²) in [6.07, 6.45) is 2.93. The largest absolute Gasteiger partial charge is 0.376 e. The van der Waals surface area contributed by atoms with Gasteiger partial charge in [0.05, 0.1) is 29.3 Å². The van der Waals surface area contributed by atoms with Crippen molar-refractivity contribution >= 4 is 33.2 Å². The molecule has 1 atom stereocenters. The van der Waals surface area contributed by atoms with E-state index in [1.807, 2.05) is 6.92 Å². The van der Waals surface area contributed by atoms with Gasteiger partial charge in [0.15, 0.2) is 0 Å². The standard InChI is InChI=1S/C22H27N3O5S/c1-16-9-11-17(12-10-16)25(31(2,28)29)15-21(26)24-20-8-4-3-7-19(20)22(27)23-14-18-6-5-13-30-18/h3-4,7-12,18H,5-6,13-15H2,1-2H3,(H,23,27)(H,24,26)/t18-/m1/s1. The smallest absolute Gasteiger partial charge is 0.253 e. The molecule has 0 unspecified atom stereocenters. The second-order valence-electron chi connectivity index (χ2n) is 7.54. The van der Waals surface area contributed by atoms with Crippen LogP contribution in [0.2, 0.25) is 0 Å². The number of aryl methyl sites for hydroxylation is 1. The maximum Gasteiger partial charge on any atom is 0.253 e. The minimum absolute atomic E-state index is 0.00327. The molecule has 2 amide bonds. The molecule has 8 nitrogen and oxygen atoms in total. The van der Waals surface area contributed by atoms with E-state index in [9.17, 15) is 18.0 Å². The highest BCUT2D eigenvalue weighted by Crippen LogP contribution is 2.20. The Bertz CT molecular complexity index is 1030. The first-order valence-electron chi connectivity index (χ1n) is 10.1. The number of benzene rings is 2. The lowest BCUT2D eigenvalue weighted by atomic mass is 10.1. The molecule has 0 aromatic heterocycles. The fraction of sp³-hybridized carbons (Fsp3) is 0.364. The van der Waals surface area contributed by atoms with E-state index >= 15 is 0 Å². The fourth-order valence-electron chi connectivity index (χ4n) is 3.33. The Morgan fingerprint density at radius 1 is 1.13 bits per heavy atom. The monoisotopic (exact) mass is 445 g/mol. The average molecular weight is 446 g/mol. The Kier molecular flexibility index (Phi) is 7.29. The van der Waals surface area contributed by atoms with Crippen molar-refractivity contribution in [2.45, 2.75) is 25.9 Å². The minimum atomic E-state index is -3.68. The van der Waals surface area contributed by atoms with Crippen molar-refractivity contribution in [3.8, 4) is 0 Å². The second kappa shape index (κ2) is 9.93. The Morgan fingerprint density at radius 3 is 2.48 bits per heavy atom. The Balaban J connectivity index is 1.70. The number of para-hydroxylation sites is 1. The molecular weight excluding hydrogens is 418 g/mol. The van der Waals surface area contributed by atoms with Crippen molar-refractivity contribution in [2.75, 3.05) is 35.6 Å². The lowest BCUT2D eigenvalue weighted by molar-refractivity contribution is -0.114. The van der Waals surface area contributed by atoms with E-state index in [4.69, 9.17) is 4.74 Å². The number of carbonyl (C=O) groups is 2. The molecule has 0 bridgehead atoms. The Morgan fingerprint density at radius 2 is 1.84 bits per heavy atom. The van der Waals surface area contributed by atoms with Crippen molar-refractivity contribution in [1.29, 1.82) is 0 Å². The first kappa shape index (κ1) is 22.8. The van der Waals surface area contributed by atoms with Crippen LogP contribution in [0.25, 0.3) is 0 Å². The van der Waals surface area contributed by atoms with Crippen molar-refractivity contribution in [2.24, 2.45) is 0 Å². The molecule has 9 heteroatoms. The summed E-state index contributed by atoms with van der Waals surface area (Å²) in [6.45, 7) is 2.58. The van der Waals surface area contributed by atoms with Gasteiger partial charge >= 0.3 is 0 Å². The molecule has 3 rings (SSSR count). The third kappa shape index (κ3) is 6.28. The maximum atomic E-state index is 12.7. The van der Waals surface area contributed by atoms with Gasteiger partial charge in [0.2, 0.25) is 15.9 Å². The van der Waals surface area contributed by atoms with Crippen LogP contribution < -0.4 is 14.9 Å². The maximum absolute atomic E-state index is 12.7. The average Bonchev–Trinajstić information content (AvgIpc) is 3.24. The second-order valence-corrected chi connectivity index (χ2v) is 9.45. The van der Waals surface area contributed by atoms with Crippen LogP contribution in [0.1, 0.15) is 28.8 Å². The molecule has 1 fully saturated rings. The van der Waals surface area contributed by atoms with E-state index < -0.39 is 22.5 Å². The van der Waals surface area contributed by atoms with Gasteiger partial charge in [0, 0.05) is 13.2 Å². The summed E-state index contributed by atoms with van der Waals surface area (Å²) in [5.74, 6) is -0.879. The Hall–Kier alpha value is -2.91.